The fourth-order valence-corrected chi connectivity index (χ4v) is 0.177. The Kier molecular flexibility index (Phi) is 23.1. The first-order valence-electron chi connectivity index (χ1n) is 1.36. The normalized spacial score (nSPS) is 9.50. The van der Waals surface area contributed by atoms with Gasteiger partial charge in [-0.2, -0.15) is 0 Å². The van der Waals surface area contributed by atoms with E-state index in [1.165, 1.54) is 7.11 Å². The van der Waals surface area contributed by atoms with Crippen molar-refractivity contribution in [2.24, 2.45) is 0 Å². The van der Waals surface area contributed by atoms with Gasteiger partial charge in [-0.1, -0.05) is 0 Å². The molecule has 1 atom stereocenters. The van der Waals surface area contributed by atoms with Crippen LogP contribution in [0.15, 0.2) is 0 Å². The van der Waals surface area contributed by atoms with Gasteiger partial charge in [0.1, 0.15) is 0 Å². The Morgan fingerprint density at radius 1 is 1.75 bits per heavy atom. The second kappa shape index (κ2) is 11.4. The Balaban J connectivity index is -0.000000125. The minimum absolute atomic E-state index is 0. The average Bonchev–Trinajstić information content (AvgIpc) is 1.65. The van der Waals surface area contributed by atoms with E-state index < -0.39 is 8.03 Å². The fraction of sp³-hybridized carbons (Fsp3) is 0.333. The van der Waals surface area contributed by atoms with Gasteiger partial charge in [-0.15, -0.1) is 6.42 Å². The van der Waals surface area contributed by atoms with E-state index in [9.17, 15) is 4.57 Å². The predicted octanol–water partition coefficient (Wildman–Crippen LogP) is 0.693. The van der Waals surface area contributed by atoms with Gasteiger partial charge in [0.05, 0.1) is 0 Å². The van der Waals surface area contributed by atoms with Crippen LogP contribution in [0.4, 0.5) is 0 Å². The molecule has 0 aromatic heterocycles. The zero-order chi connectivity index (χ0) is 4.99. The summed E-state index contributed by atoms with van der Waals surface area (Å²) in [6.45, 7) is 0. The van der Waals surface area contributed by atoms with Crippen LogP contribution in [0.3, 0.4) is 0 Å². The topological polar surface area (TPSA) is 26.3 Å². The number of rotatable bonds is 1. The summed E-state index contributed by atoms with van der Waals surface area (Å²) in [7, 11) is -0.770. The first-order chi connectivity index (χ1) is 2.81. The first-order valence-corrected chi connectivity index (χ1v) is 2.67. The van der Waals surface area contributed by atoms with Gasteiger partial charge in [0, 0.05) is 60.9 Å². The van der Waals surface area contributed by atoms with Crippen molar-refractivity contribution >= 4 is 8.03 Å². The molecule has 0 amide bonds. The summed E-state index contributed by atoms with van der Waals surface area (Å²) >= 11 is 0. The smallest absolute Gasteiger partial charge is 0.261 e. The van der Waals surface area contributed by atoms with Crippen LogP contribution in [0.1, 0.15) is 0 Å². The van der Waals surface area contributed by atoms with Gasteiger partial charge in [0.15, 0.2) is 0 Å². The van der Waals surface area contributed by atoms with E-state index in [0.29, 0.717) is 0 Å². The van der Waals surface area contributed by atoms with Crippen molar-refractivity contribution in [2.45, 2.75) is 0 Å². The molecule has 0 rings (SSSR count). The molecule has 0 aliphatic rings. The van der Waals surface area contributed by atoms with E-state index in [0.717, 1.165) is 0 Å². The van der Waals surface area contributed by atoms with Crippen molar-refractivity contribution in [3.8, 4) is 12.1 Å². The second-order valence-corrected chi connectivity index (χ2v) is 1.91. The molecule has 1 unspecified atom stereocenters. The zero-order valence-corrected chi connectivity index (χ0v) is 11.2. The van der Waals surface area contributed by atoms with Crippen LogP contribution in [-0.2, 0) is 62.9 Å². The maximum absolute atomic E-state index is 9.91. The summed E-state index contributed by atoms with van der Waals surface area (Å²) in [4.78, 5) is 0. The molecule has 0 fully saturated rings. The minimum atomic E-state index is -2.09. The van der Waals surface area contributed by atoms with Crippen LogP contribution in [-0.4, -0.2) is 7.11 Å². The van der Waals surface area contributed by atoms with Gasteiger partial charge in [0.2, 0.25) is 0 Å². The summed E-state index contributed by atoms with van der Waals surface area (Å²) in [6.07, 6.45) is 4.64. The Labute approximate surface area is 89.1 Å². The monoisotopic (exact) mass is 377 g/mol. The van der Waals surface area contributed by atoms with Crippen LogP contribution >= 0.6 is 8.03 Å². The minimum Gasteiger partial charge on any atom is -0.325 e. The van der Waals surface area contributed by atoms with Crippen molar-refractivity contribution in [1.82, 2.24) is 0 Å². The molecule has 1 radical (unpaired) electrons. The Morgan fingerprint density at radius 3 is 2.12 bits per heavy atom. The molecule has 0 aliphatic heterocycles. The van der Waals surface area contributed by atoms with Crippen LogP contribution in [0.25, 0.3) is 0 Å². The van der Waals surface area contributed by atoms with E-state index in [-0.39, 0.29) is 53.8 Å². The zero-order valence-electron chi connectivity index (χ0n) is 4.38. The second-order valence-electron chi connectivity index (χ2n) is 0.636. The SMILES string of the molecule is C#C[PH](=O)OC.[W].[Y]. The Morgan fingerprint density at radius 2 is 2.12 bits per heavy atom. The van der Waals surface area contributed by atoms with Gasteiger partial charge in [0.25, 0.3) is 8.03 Å². The molecular formula is C3H5O2PWY. The van der Waals surface area contributed by atoms with E-state index in [4.69, 9.17) is 0 Å². The van der Waals surface area contributed by atoms with E-state index in [1.807, 2.05) is 5.66 Å². The summed E-state index contributed by atoms with van der Waals surface area (Å²) in [5.74, 6) is 0. The van der Waals surface area contributed by atoms with Crippen molar-refractivity contribution in [3.63, 3.8) is 0 Å². The molecule has 0 saturated carbocycles. The molecule has 5 heteroatoms. The van der Waals surface area contributed by atoms with E-state index in [2.05, 4.69) is 10.9 Å². The maximum atomic E-state index is 9.91. The maximum Gasteiger partial charge on any atom is 0.261 e. The van der Waals surface area contributed by atoms with Crippen molar-refractivity contribution in [1.29, 1.82) is 0 Å². The van der Waals surface area contributed by atoms with Crippen LogP contribution in [0, 0.1) is 12.1 Å². The Hall–Kier alpha value is 1.54. The fourth-order valence-electron chi connectivity index (χ4n) is 0.0589. The van der Waals surface area contributed by atoms with Gasteiger partial charge in [-0.3, -0.25) is 4.57 Å². The third kappa shape index (κ3) is 10.5. The molecule has 0 N–H and O–H groups in total. The molecule has 0 aromatic carbocycles. The van der Waals surface area contributed by atoms with Crippen LogP contribution in [0.2, 0.25) is 0 Å². The van der Waals surface area contributed by atoms with Gasteiger partial charge >= 0.3 is 0 Å². The van der Waals surface area contributed by atoms with Crippen molar-refractivity contribution in [2.75, 3.05) is 7.11 Å². The molecule has 0 spiro atoms. The number of hydrogen-bond acceptors (Lipinski definition) is 2. The van der Waals surface area contributed by atoms with Gasteiger partial charge in [-0.05, 0) is 5.66 Å². The molecule has 0 aliphatic carbocycles. The Bertz CT molecular complexity index is 99.9. The standard InChI is InChI=1S/C3H5O2P.W.Y/c1-3-6(4)5-2;;/h1,6H,2H3;;. The number of terminal acetylenes is 1. The molecule has 8 heavy (non-hydrogen) atoms. The van der Waals surface area contributed by atoms with Crippen molar-refractivity contribution < 1.29 is 62.9 Å². The largest absolute Gasteiger partial charge is 0.325 e. The van der Waals surface area contributed by atoms with E-state index >= 15 is 0 Å². The molecular weight excluding hydrogens is 372 g/mol. The summed E-state index contributed by atoms with van der Waals surface area (Å²) < 4.78 is 14.1. The van der Waals surface area contributed by atoms with Crippen LogP contribution < -0.4 is 0 Å². The summed E-state index contributed by atoms with van der Waals surface area (Å²) in [5, 5.41) is 0. The quantitative estimate of drug-likeness (QED) is 0.497. The summed E-state index contributed by atoms with van der Waals surface area (Å²) in [6, 6.07) is 0. The first kappa shape index (κ1) is 16.3. The molecule has 0 aromatic rings. The third-order valence-electron chi connectivity index (χ3n) is 0.303. The molecule has 0 bridgehead atoms. The summed E-state index contributed by atoms with van der Waals surface area (Å²) in [5.41, 5.74) is 1.94. The molecule has 0 heterocycles. The van der Waals surface area contributed by atoms with Gasteiger partial charge < -0.3 is 4.52 Å². The molecule has 2 nitrogen and oxygen atoms in total. The van der Waals surface area contributed by atoms with Crippen LogP contribution in [0.5, 0.6) is 0 Å². The molecule has 0 saturated heterocycles. The number of hydrogen-bond donors (Lipinski definition) is 0. The predicted molar refractivity (Wildman–Crippen MR) is 24.8 cm³/mol. The van der Waals surface area contributed by atoms with E-state index in [1.54, 1.807) is 0 Å². The van der Waals surface area contributed by atoms with Gasteiger partial charge in [-0.25, -0.2) is 0 Å². The molecule has 43 valence electrons. The third-order valence-corrected chi connectivity index (χ3v) is 0.910. The average molecular weight is 377 g/mol. The van der Waals surface area contributed by atoms with Crippen molar-refractivity contribution in [3.05, 3.63) is 0 Å².